The van der Waals surface area contributed by atoms with Gasteiger partial charge in [0.2, 0.25) is 0 Å². The van der Waals surface area contributed by atoms with E-state index >= 15 is 0 Å². The Hall–Kier alpha value is -2.45. The Balaban J connectivity index is 1.58. The first kappa shape index (κ1) is 16.0. The van der Waals surface area contributed by atoms with E-state index in [1.54, 1.807) is 11.6 Å². The summed E-state index contributed by atoms with van der Waals surface area (Å²) in [5.41, 5.74) is 2.34. The molecule has 0 aliphatic carbocycles. The van der Waals surface area contributed by atoms with E-state index < -0.39 is 0 Å². The molecule has 1 aromatic carbocycles. The fourth-order valence-corrected chi connectivity index (χ4v) is 3.01. The van der Waals surface area contributed by atoms with Crippen molar-refractivity contribution in [2.24, 2.45) is 0 Å². The first-order chi connectivity index (χ1) is 12.2. The molecule has 0 amide bonds. The van der Waals surface area contributed by atoms with Crippen LogP contribution in [0, 0.1) is 6.92 Å². The molecule has 3 heterocycles. The van der Waals surface area contributed by atoms with Gasteiger partial charge in [-0.2, -0.15) is 4.98 Å². The van der Waals surface area contributed by atoms with Crippen molar-refractivity contribution in [3.63, 3.8) is 0 Å². The average Bonchev–Trinajstić information content (AvgIpc) is 3.22. The molecule has 0 saturated heterocycles. The number of aromatic nitrogens is 5. The lowest BCUT2D eigenvalue weighted by Crippen LogP contribution is -2.22. The molecule has 0 saturated carbocycles. The van der Waals surface area contributed by atoms with Crippen molar-refractivity contribution in [1.29, 1.82) is 0 Å². The Kier molecular flexibility index (Phi) is 4.14. The van der Waals surface area contributed by atoms with Crippen LogP contribution < -0.4 is 4.74 Å². The SMILES string of the molecule is CCOc1ccc(C2Cn3nnc(-c4nc(C)no4)c3CO2)cc1Cl. The third-order valence-electron chi connectivity index (χ3n) is 3.96. The molecule has 1 aliphatic rings. The van der Waals surface area contributed by atoms with Crippen LogP contribution in [0.1, 0.15) is 30.1 Å². The molecule has 8 nitrogen and oxygen atoms in total. The van der Waals surface area contributed by atoms with Gasteiger partial charge in [0, 0.05) is 0 Å². The molecule has 1 aliphatic heterocycles. The topological polar surface area (TPSA) is 88.1 Å². The molecule has 9 heteroatoms. The Bertz CT molecular complexity index is 907. The van der Waals surface area contributed by atoms with Gasteiger partial charge in [-0.15, -0.1) is 5.10 Å². The van der Waals surface area contributed by atoms with Gasteiger partial charge in [0.25, 0.3) is 5.89 Å². The summed E-state index contributed by atoms with van der Waals surface area (Å²) in [6.45, 7) is 5.12. The summed E-state index contributed by atoms with van der Waals surface area (Å²) in [6, 6.07) is 5.67. The summed E-state index contributed by atoms with van der Waals surface area (Å²) in [5, 5.41) is 12.7. The Labute approximate surface area is 148 Å². The van der Waals surface area contributed by atoms with E-state index in [1.807, 2.05) is 25.1 Å². The second kappa shape index (κ2) is 6.45. The van der Waals surface area contributed by atoms with Crippen LogP contribution in [0.4, 0.5) is 0 Å². The number of nitrogens with zero attached hydrogens (tertiary/aromatic N) is 5. The monoisotopic (exact) mass is 361 g/mol. The normalized spacial score (nSPS) is 16.7. The maximum Gasteiger partial charge on any atom is 0.280 e. The third kappa shape index (κ3) is 2.98. The minimum Gasteiger partial charge on any atom is -0.492 e. The maximum atomic E-state index is 6.27. The molecule has 1 atom stereocenters. The summed E-state index contributed by atoms with van der Waals surface area (Å²) in [4.78, 5) is 4.20. The van der Waals surface area contributed by atoms with E-state index in [0.717, 1.165) is 11.3 Å². The number of fused-ring (bicyclic) bond motifs is 1. The van der Waals surface area contributed by atoms with Crippen LogP contribution in [0.3, 0.4) is 0 Å². The highest BCUT2D eigenvalue weighted by Gasteiger charge is 2.28. The number of aryl methyl sites for hydroxylation is 1. The van der Waals surface area contributed by atoms with Crippen LogP contribution in [0.25, 0.3) is 11.6 Å². The fraction of sp³-hybridized carbons (Fsp3) is 0.375. The molecular weight excluding hydrogens is 346 g/mol. The lowest BCUT2D eigenvalue weighted by molar-refractivity contribution is -0.00119. The largest absolute Gasteiger partial charge is 0.492 e. The summed E-state index contributed by atoms with van der Waals surface area (Å²) < 4.78 is 18.4. The molecule has 0 N–H and O–H groups in total. The van der Waals surface area contributed by atoms with Gasteiger partial charge in [-0.25, -0.2) is 4.68 Å². The zero-order chi connectivity index (χ0) is 17.4. The van der Waals surface area contributed by atoms with Gasteiger partial charge in [0.15, 0.2) is 11.5 Å². The van der Waals surface area contributed by atoms with Crippen LogP contribution in [0.2, 0.25) is 5.02 Å². The van der Waals surface area contributed by atoms with E-state index in [1.165, 1.54) is 0 Å². The second-order valence-corrected chi connectivity index (χ2v) is 6.04. The van der Waals surface area contributed by atoms with Crippen molar-refractivity contribution in [2.45, 2.75) is 33.1 Å². The summed E-state index contributed by atoms with van der Waals surface area (Å²) >= 11 is 6.27. The molecule has 0 spiro atoms. The maximum absolute atomic E-state index is 6.27. The minimum atomic E-state index is -0.167. The van der Waals surface area contributed by atoms with E-state index in [-0.39, 0.29) is 6.10 Å². The van der Waals surface area contributed by atoms with Gasteiger partial charge < -0.3 is 14.0 Å². The summed E-state index contributed by atoms with van der Waals surface area (Å²) in [7, 11) is 0. The second-order valence-electron chi connectivity index (χ2n) is 5.64. The predicted octanol–water partition coefficient (Wildman–Crippen LogP) is 2.96. The summed E-state index contributed by atoms with van der Waals surface area (Å²) in [5.74, 6) is 1.57. The highest BCUT2D eigenvalue weighted by molar-refractivity contribution is 6.32. The molecule has 4 rings (SSSR count). The van der Waals surface area contributed by atoms with Crippen LogP contribution >= 0.6 is 11.6 Å². The van der Waals surface area contributed by atoms with Crippen LogP contribution in [0.15, 0.2) is 22.7 Å². The third-order valence-corrected chi connectivity index (χ3v) is 4.25. The van der Waals surface area contributed by atoms with Crippen LogP contribution in [-0.2, 0) is 17.9 Å². The molecule has 0 fully saturated rings. The van der Waals surface area contributed by atoms with Gasteiger partial charge in [0.05, 0.1) is 30.5 Å². The zero-order valence-corrected chi connectivity index (χ0v) is 14.5. The fourth-order valence-electron chi connectivity index (χ4n) is 2.76. The molecular formula is C16H16ClN5O3. The average molecular weight is 362 g/mol. The predicted molar refractivity (Wildman–Crippen MR) is 88.2 cm³/mol. The van der Waals surface area contributed by atoms with E-state index in [2.05, 4.69) is 20.5 Å². The highest BCUT2D eigenvalue weighted by Crippen LogP contribution is 2.33. The molecule has 0 radical (unpaired) electrons. The molecule has 130 valence electrons. The first-order valence-corrected chi connectivity index (χ1v) is 8.30. The van der Waals surface area contributed by atoms with Crippen molar-refractivity contribution in [3.8, 4) is 17.3 Å². The van der Waals surface area contributed by atoms with Crippen molar-refractivity contribution in [2.75, 3.05) is 6.61 Å². The minimum absolute atomic E-state index is 0.167. The molecule has 0 bridgehead atoms. The number of benzene rings is 1. The summed E-state index contributed by atoms with van der Waals surface area (Å²) in [6.07, 6.45) is -0.167. The van der Waals surface area contributed by atoms with Gasteiger partial charge in [0.1, 0.15) is 11.9 Å². The van der Waals surface area contributed by atoms with Crippen molar-refractivity contribution in [1.82, 2.24) is 25.1 Å². The van der Waals surface area contributed by atoms with Crippen molar-refractivity contribution in [3.05, 3.63) is 40.3 Å². The first-order valence-electron chi connectivity index (χ1n) is 7.92. The van der Waals surface area contributed by atoms with Crippen LogP contribution in [0.5, 0.6) is 5.75 Å². The van der Waals surface area contributed by atoms with E-state index in [9.17, 15) is 0 Å². The van der Waals surface area contributed by atoms with Crippen molar-refractivity contribution >= 4 is 11.6 Å². The molecule has 1 unspecified atom stereocenters. The van der Waals surface area contributed by atoms with Gasteiger partial charge in [-0.3, -0.25) is 0 Å². The smallest absolute Gasteiger partial charge is 0.280 e. The lowest BCUT2D eigenvalue weighted by atomic mass is 10.1. The number of ether oxygens (including phenoxy) is 2. The van der Waals surface area contributed by atoms with Gasteiger partial charge in [-0.05, 0) is 31.5 Å². The van der Waals surface area contributed by atoms with Crippen molar-refractivity contribution < 1.29 is 14.0 Å². The number of halogens is 1. The number of hydrogen-bond acceptors (Lipinski definition) is 7. The zero-order valence-electron chi connectivity index (χ0n) is 13.8. The number of hydrogen-bond donors (Lipinski definition) is 0. The lowest BCUT2D eigenvalue weighted by Gasteiger charge is -2.24. The quantitative estimate of drug-likeness (QED) is 0.705. The Morgan fingerprint density at radius 1 is 1.40 bits per heavy atom. The standard InChI is InChI=1S/C16H16ClN5O3/c1-3-23-13-5-4-10(6-11(13)17)14-7-22-12(8-24-14)15(19-21-22)16-18-9(2)20-25-16/h4-6,14H,3,7-8H2,1-2H3. The van der Waals surface area contributed by atoms with Gasteiger partial charge >= 0.3 is 0 Å². The Morgan fingerprint density at radius 2 is 2.28 bits per heavy atom. The molecule has 3 aromatic rings. The van der Waals surface area contributed by atoms with Gasteiger partial charge in [-0.1, -0.05) is 28.0 Å². The molecule has 25 heavy (non-hydrogen) atoms. The van der Waals surface area contributed by atoms with Crippen LogP contribution in [-0.4, -0.2) is 31.7 Å². The highest BCUT2D eigenvalue weighted by atomic mass is 35.5. The Morgan fingerprint density at radius 3 is 3.00 bits per heavy atom. The molecule has 2 aromatic heterocycles. The number of rotatable bonds is 4. The van der Waals surface area contributed by atoms with E-state index in [0.29, 0.717) is 47.9 Å². The van der Waals surface area contributed by atoms with E-state index in [4.69, 9.17) is 25.6 Å².